The van der Waals surface area contributed by atoms with Gasteiger partial charge in [0.05, 0.1) is 11.9 Å². The van der Waals surface area contributed by atoms with Crippen LogP contribution in [0, 0.1) is 18.6 Å². The van der Waals surface area contributed by atoms with Crippen molar-refractivity contribution in [1.29, 1.82) is 0 Å². The second kappa shape index (κ2) is 11.4. The second-order valence-electron chi connectivity index (χ2n) is 9.11. The van der Waals surface area contributed by atoms with Gasteiger partial charge in [0.25, 0.3) is 0 Å². The third kappa shape index (κ3) is 6.15. The molecule has 8 nitrogen and oxygen atoms in total. The Morgan fingerprint density at radius 2 is 1.71 bits per heavy atom. The fourth-order valence-electron chi connectivity index (χ4n) is 4.40. The predicted molar refractivity (Wildman–Crippen MR) is 143 cm³/mol. The molecule has 1 saturated heterocycles. The van der Waals surface area contributed by atoms with E-state index in [9.17, 15) is 8.78 Å². The average molecular weight is 518 g/mol. The smallest absolute Gasteiger partial charge is 0.225 e. The van der Waals surface area contributed by atoms with Crippen molar-refractivity contribution in [3.8, 4) is 11.7 Å². The normalized spacial score (nSPS) is 14.3. The molecule has 0 amide bonds. The van der Waals surface area contributed by atoms with Crippen LogP contribution < -0.4 is 15.4 Å². The molecule has 0 atom stereocenters. The molecule has 1 aliphatic rings. The molecule has 0 bridgehead atoms. The number of ether oxygens (including phenoxy) is 1. The average Bonchev–Trinajstić information content (AvgIpc) is 3.27. The van der Waals surface area contributed by atoms with Crippen molar-refractivity contribution in [3.63, 3.8) is 0 Å². The largest absolute Gasteiger partial charge is 0.473 e. The summed E-state index contributed by atoms with van der Waals surface area (Å²) in [4.78, 5) is 12.8. The van der Waals surface area contributed by atoms with Crippen molar-refractivity contribution in [2.75, 3.05) is 43.4 Å². The zero-order valence-electron chi connectivity index (χ0n) is 21.1. The number of halogens is 2. The summed E-state index contributed by atoms with van der Waals surface area (Å²) in [5.74, 6) is -0.0903. The van der Waals surface area contributed by atoms with Crippen molar-refractivity contribution in [2.24, 2.45) is 0 Å². The summed E-state index contributed by atoms with van der Waals surface area (Å²) in [6.45, 7) is 6.10. The van der Waals surface area contributed by atoms with Gasteiger partial charge in [-0.3, -0.25) is 4.90 Å². The van der Waals surface area contributed by atoms with E-state index < -0.39 is 11.6 Å². The number of piperazine rings is 1. The first-order valence-corrected chi connectivity index (χ1v) is 12.4. The zero-order chi connectivity index (χ0) is 26.5. The van der Waals surface area contributed by atoms with Crippen molar-refractivity contribution < 1.29 is 13.5 Å². The van der Waals surface area contributed by atoms with Crippen molar-refractivity contribution in [2.45, 2.75) is 13.5 Å². The number of nitrogen functional groups attached to an aromatic ring is 1. The summed E-state index contributed by atoms with van der Waals surface area (Å²) in [7, 11) is 0. The maximum Gasteiger partial charge on any atom is 0.225 e. The van der Waals surface area contributed by atoms with Crippen LogP contribution in [0.5, 0.6) is 5.88 Å². The number of nitrogens with zero attached hydrogens (tertiary/aromatic N) is 6. The van der Waals surface area contributed by atoms with Crippen molar-refractivity contribution in [3.05, 3.63) is 95.3 Å². The van der Waals surface area contributed by atoms with E-state index >= 15 is 0 Å². The maximum absolute atomic E-state index is 13.6. The Kier molecular flexibility index (Phi) is 7.60. The van der Waals surface area contributed by atoms with Gasteiger partial charge in [0.2, 0.25) is 11.8 Å². The Morgan fingerprint density at radius 1 is 0.974 bits per heavy atom. The molecule has 2 N–H and O–H groups in total. The Hall–Kier alpha value is -4.31. The maximum atomic E-state index is 13.6. The van der Waals surface area contributed by atoms with E-state index in [2.05, 4.69) is 26.0 Å². The fraction of sp³-hybridized carbons (Fsp3) is 0.250. The Bertz CT molecular complexity index is 1400. The van der Waals surface area contributed by atoms with Gasteiger partial charge in [-0.15, -0.1) is 0 Å². The molecule has 5 rings (SSSR count). The van der Waals surface area contributed by atoms with Gasteiger partial charge >= 0.3 is 0 Å². The van der Waals surface area contributed by atoms with Gasteiger partial charge < -0.3 is 15.4 Å². The van der Waals surface area contributed by atoms with Crippen molar-refractivity contribution in [1.82, 2.24) is 24.6 Å². The van der Waals surface area contributed by atoms with Crippen LogP contribution in [0.25, 0.3) is 11.9 Å². The third-order valence-corrected chi connectivity index (χ3v) is 6.45. The zero-order valence-corrected chi connectivity index (χ0v) is 21.1. The SMILES string of the molecule is Cc1c(C=CCN2CCN(c3cc(F)cc(F)c3)CC2)cnn1-c1cc(OCc2ccccc2)nc(N)n1. The van der Waals surface area contributed by atoms with Crippen LogP contribution in [0.15, 0.2) is 66.9 Å². The molecule has 38 heavy (non-hydrogen) atoms. The van der Waals surface area contributed by atoms with Gasteiger partial charge in [-0.05, 0) is 24.6 Å². The van der Waals surface area contributed by atoms with E-state index in [1.807, 2.05) is 48.2 Å². The molecular weight excluding hydrogens is 488 g/mol. The lowest BCUT2D eigenvalue weighted by Gasteiger charge is -2.35. The molecule has 0 radical (unpaired) electrons. The van der Waals surface area contributed by atoms with Gasteiger partial charge in [0, 0.05) is 56.1 Å². The van der Waals surface area contributed by atoms with Gasteiger partial charge in [0.1, 0.15) is 18.2 Å². The predicted octanol–water partition coefficient (Wildman–Crippen LogP) is 4.25. The highest BCUT2D eigenvalue weighted by Crippen LogP contribution is 2.21. The molecule has 2 aromatic heterocycles. The van der Waals surface area contributed by atoms with Gasteiger partial charge in [0.15, 0.2) is 5.82 Å². The standard InChI is InChI=1S/C28H29F2N7O/c1-20-22(8-5-9-35-10-12-36(13-11-35)25-15-23(29)14-24(30)16-25)18-32-37(20)26-17-27(34-28(31)33-26)38-19-21-6-3-2-4-7-21/h2-8,14-18H,9-13,19H2,1H3,(H2,31,33,34). The highest BCUT2D eigenvalue weighted by Gasteiger charge is 2.18. The Balaban J connectivity index is 1.19. The highest BCUT2D eigenvalue weighted by molar-refractivity contribution is 5.53. The molecule has 1 aliphatic heterocycles. The molecule has 0 spiro atoms. The van der Waals surface area contributed by atoms with Crippen LogP contribution in [0.4, 0.5) is 20.4 Å². The quantitative estimate of drug-likeness (QED) is 0.374. The summed E-state index contributed by atoms with van der Waals surface area (Å²) in [5, 5.41) is 4.49. The van der Waals surface area contributed by atoms with E-state index in [0.717, 1.165) is 42.5 Å². The number of anilines is 2. The topological polar surface area (TPSA) is 85.3 Å². The fourth-order valence-corrected chi connectivity index (χ4v) is 4.40. The highest BCUT2D eigenvalue weighted by atomic mass is 19.1. The lowest BCUT2D eigenvalue weighted by atomic mass is 10.2. The van der Waals surface area contributed by atoms with Crippen LogP contribution in [0.3, 0.4) is 0 Å². The molecule has 2 aromatic carbocycles. The molecular formula is C28H29F2N7O. The Labute approximate surface area is 220 Å². The molecule has 0 unspecified atom stereocenters. The first kappa shape index (κ1) is 25.3. The molecule has 1 fully saturated rings. The molecule has 3 heterocycles. The number of benzene rings is 2. The summed E-state index contributed by atoms with van der Waals surface area (Å²) in [6.07, 6.45) is 5.91. The summed E-state index contributed by atoms with van der Waals surface area (Å²) < 4.78 is 34.7. The van der Waals surface area contributed by atoms with Gasteiger partial charge in [-0.25, -0.2) is 13.5 Å². The number of rotatable bonds is 8. The second-order valence-corrected chi connectivity index (χ2v) is 9.11. The first-order chi connectivity index (χ1) is 18.4. The lowest BCUT2D eigenvalue weighted by molar-refractivity contribution is 0.284. The van der Waals surface area contributed by atoms with Crippen LogP contribution in [0.1, 0.15) is 16.8 Å². The van der Waals surface area contributed by atoms with E-state index in [1.54, 1.807) is 16.9 Å². The summed E-state index contributed by atoms with van der Waals surface area (Å²) in [6, 6.07) is 15.2. The number of hydrogen-bond acceptors (Lipinski definition) is 7. The lowest BCUT2D eigenvalue weighted by Crippen LogP contribution is -2.46. The number of nitrogens with two attached hydrogens (primary N) is 1. The third-order valence-electron chi connectivity index (χ3n) is 6.45. The first-order valence-electron chi connectivity index (χ1n) is 12.4. The molecule has 196 valence electrons. The number of aromatic nitrogens is 4. The summed E-state index contributed by atoms with van der Waals surface area (Å²) >= 11 is 0. The van der Waals surface area contributed by atoms with Gasteiger partial charge in [-0.2, -0.15) is 15.1 Å². The van der Waals surface area contributed by atoms with Crippen molar-refractivity contribution >= 4 is 17.7 Å². The van der Waals surface area contributed by atoms with E-state index in [-0.39, 0.29) is 5.95 Å². The minimum Gasteiger partial charge on any atom is -0.473 e. The van der Waals surface area contributed by atoms with E-state index in [1.165, 1.54) is 12.1 Å². The van der Waals surface area contributed by atoms with Crippen LogP contribution >= 0.6 is 0 Å². The molecule has 4 aromatic rings. The number of hydrogen-bond donors (Lipinski definition) is 1. The minimum atomic E-state index is -0.554. The van der Waals surface area contributed by atoms with Gasteiger partial charge in [-0.1, -0.05) is 42.5 Å². The van der Waals surface area contributed by atoms with E-state index in [4.69, 9.17) is 10.5 Å². The van der Waals surface area contributed by atoms with Crippen LogP contribution in [-0.2, 0) is 6.61 Å². The minimum absolute atomic E-state index is 0.109. The van der Waals surface area contributed by atoms with Crippen LogP contribution in [0.2, 0.25) is 0 Å². The summed E-state index contributed by atoms with van der Waals surface area (Å²) in [5.41, 5.74) is 9.42. The monoisotopic (exact) mass is 517 g/mol. The Morgan fingerprint density at radius 3 is 2.45 bits per heavy atom. The molecule has 0 aliphatic carbocycles. The van der Waals surface area contributed by atoms with Crippen LogP contribution in [-0.4, -0.2) is 57.4 Å². The molecule has 10 heteroatoms. The molecule has 0 saturated carbocycles. The van der Waals surface area contributed by atoms with E-state index in [0.29, 0.717) is 37.1 Å².